The number of piperazine rings is 1. The van der Waals surface area contributed by atoms with E-state index in [1.54, 1.807) is 27.1 Å². The molecule has 0 radical (unpaired) electrons. The van der Waals surface area contributed by atoms with Crippen LogP contribution in [-0.4, -0.2) is 80.7 Å². The molecule has 1 N–H and O–H groups in total. The fourth-order valence-corrected chi connectivity index (χ4v) is 6.36. The lowest BCUT2D eigenvalue weighted by atomic mass is 9.97. The van der Waals surface area contributed by atoms with Crippen LogP contribution in [0.3, 0.4) is 0 Å². The van der Waals surface area contributed by atoms with E-state index in [4.69, 9.17) is 0 Å². The lowest BCUT2D eigenvalue weighted by Gasteiger charge is -2.55. The van der Waals surface area contributed by atoms with Crippen molar-refractivity contribution in [3.8, 4) is 5.75 Å². The first-order chi connectivity index (χ1) is 21.3. The van der Waals surface area contributed by atoms with Crippen molar-refractivity contribution in [3.63, 3.8) is 0 Å². The van der Waals surface area contributed by atoms with Gasteiger partial charge in [0.1, 0.15) is 12.2 Å². The van der Waals surface area contributed by atoms with E-state index < -0.39 is 23.8 Å². The van der Waals surface area contributed by atoms with Crippen molar-refractivity contribution < 1.29 is 23.9 Å². The summed E-state index contributed by atoms with van der Waals surface area (Å²) in [6, 6.07) is 18.6. The second kappa shape index (κ2) is 12.4. The number of hydrogen-bond donors (Lipinski definition) is 1. The average molecular weight is 596 g/mol. The van der Waals surface area contributed by atoms with Gasteiger partial charge in [-0.2, -0.15) is 0 Å². The zero-order chi connectivity index (χ0) is 30.8. The first-order valence-electron chi connectivity index (χ1n) is 14.8. The second-order valence-electron chi connectivity index (χ2n) is 11.3. The molecular formula is C34H34FN5O4. The number of benzene rings is 3. The summed E-state index contributed by atoms with van der Waals surface area (Å²) in [5.41, 5.74) is 4.26. The van der Waals surface area contributed by atoms with Crippen LogP contribution in [0.4, 0.5) is 10.1 Å². The van der Waals surface area contributed by atoms with Crippen LogP contribution in [0.1, 0.15) is 28.7 Å². The number of aliphatic imine (C=N–C) groups is 1. The number of rotatable bonds is 9. The molecule has 3 heterocycles. The molecule has 3 aliphatic rings. The molecule has 3 amide bonds. The quantitative estimate of drug-likeness (QED) is 0.380. The largest absolute Gasteiger partial charge is 0.505 e. The minimum absolute atomic E-state index is 0.0212. The van der Waals surface area contributed by atoms with Gasteiger partial charge >= 0.3 is 0 Å². The van der Waals surface area contributed by atoms with Gasteiger partial charge < -0.3 is 14.9 Å². The van der Waals surface area contributed by atoms with Crippen LogP contribution >= 0.6 is 0 Å². The molecule has 44 heavy (non-hydrogen) atoms. The molecule has 2 saturated heterocycles. The Labute approximate surface area is 255 Å². The standard InChI is InChI=1S/C34H34FN5O4/c1-2-17-38-22-32(43)39-28(19-24-11-13-29(41)27(35)18-24)34(44)37(20-26-10-6-9-25-15-16-36-33(25)26)21-30(39)40(38)31(42)14-12-23-7-4-3-5-8-23/h2-11,13,16,18,28,30,41H,1,12,14-15,17,19-22H2/t28-,30-/m0/s1. The number of para-hydroxylation sites is 1. The summed E-state index contributed by atoms with van der Waals surface area (Å²) in [7, 11) is 0. The van der Waals surface area contributed by atoms with Gasteiger partial charge in [0.05, 0.1) is 18.8 Å². The Morgan fingerprint density at radius 1 is 1.07 bits per heavy atom. The highest BCUT2D eigenvalue weighted by Crippen LogP contribution is 2.33. The zero-order valence-corrected chi connectivity index (χ0v) is 24.3. The topological polar surface area (TPSA) is 96.8 Å². The fraction of sp³-hybridized carbons (Fsp3) is 0.294. The highest BCUT2D eigenvalue weighted by Gasteiger charge is 2.51. The normalized spacial score (nSPS) is 19.7. The molecule has 2 atom stereocenters. The number of nitrogens with zero attached hydrogens (tertiary/aromatic N) is 5. The van der Waals surface area contributed by atoms with Gasteiger partial charge in [-0.05, 0) is 40.8 Å². The summed E-state index contributed by atoms with van der Waals surface area (Å²) in [6.07, 6.45) is 4.18. The number of carbonyl (C=O) groups is 3. The Kier molecular flexibility index (Phi) is 8.25. The Bertz CT molecular complexity index is 1630. The summed E-state index contributed by atoms with van der Waals surface area (Å²) >= 11 is 0. The molecule has 0 spiro atoms. The minimum atomic E-state index is -0.985. The molecule has 10 heteroatoms. The number of halogens is 1. The number of fused-ring (bicyclic) bond motifs is 2. The maximum absolute atomic E-state index is 14.4. The van der Waals surface area contributed by atoms with Gasteiger partial charge in [0, 0.05) is 38.6 Å². The number of hydrogen-bond acceptors (Lipinski definition) is 6. The molecule has 226 valence electrons. The summed E-state index contributed by atoms with van der Waals surface area (Å²) in [5.74, 6) is -2.07. The summed E-state index contributed by atoms with van der Waals surface area (Å²) < 4.78 is 14.4. The van der Waals surface area contributed by atoms with Crippen molar-refractivity contribution in [1.29, 1.82) is 0 Å². The third-order valence-corrected chi connectivity index (χ3v) is 8.43. The molecule has 0 unspecified atom stereocenters. The van der Waals surface area contributed by atoms with Crippen LogP contribution in [0.2, 0.25) is 0 Å². The van der Waals surface area contributed by atoms with Crippen LogP contribution in [-0.2, 0) is 40.2 Å². The third-order valence-electron chi connectivity index (χ3n) is 8.43. The molecule has 0 bridgehead atoms. The van der Waals surface area contributed by atoms with Gasteiger partial charge in [0.2, 0.25) is 17.7 Å². The van der Waals surface area contributed by atoms with Gasteiger partial charge in [-0.25, -0.2) is 14.4 Å². The number of phenolic OH excluding ortho intramolecular Hbond substituents is 1. The second-order valence-corrected chi connectivity index (χ2v) is 11.3. The van der Waals surface area contributed by atoms with Crippen molar-refractivity contribution in [2.45, 2.75) is 44.4 Å². The van der Waals surface area contributed by atoms with Crippen LogP contribution in [0.5, 0.6) is 5.75 Å². The number of carbonyl (C=O) groups excluding carboxylic acids is 3. The van der Waals surface area contributed by atoms with Crippen molar-refractivity contribution in [3.05, 3.63) is 107 Å². The molecule has 0 aliphatic carbocycles. The highest BCUT2D eigenvalue weighted by atomic mass is 19.1. The van der Waals surface area contributed by atoms with E-state index in [2.05, 4.69) is 11.6 Å². The van der Waals surface area contributed by atoms with Gasteiger partial charge in [0.25, 0.3) is 0 Å². The third kappa shape index (κ3) is 5.72. The van der Waals surface area contributed by atoms with Gasteiger partial charge in [-0.1, -0.05) is 60.7 Å². The van der Waals surface area contributed by atoms with E-state index >= 15 is 0 Å². The Morgan fingerprint density at radius 2 is 1.89 bits per heavy atom. The number of aromatic hydroxyl groups is 1. The highest BCUT2D eigenvalue weighted by molar-refractivity contribution is 5.92. The monoisotopic (exact) mass is 595 g/mol. The van der Waals surface area contributed by atoms with Crippen LogP contribution in [0.25, 0.3) is 0 Å². The maximum atomic E-state index is 14.4. The summed E-state index contributed by atoms with van der Waals surface area (Å²) in [5, 5.41) is 13.0. The predicted octanol–water partition coefficient (Wildman–Crippen LogP) is 3.78. The van der Waals surface area contributed by atoms with E-state index in [1.807, 2.05) is 54.7 Å². The van der Waals surface area contributed by atoms with E-state index in [-0.39, 0.29) is 56.7 Å². The Hall–Kier alpha value is -4.83. The van der Waals surface area contributed by atoms with E-state index in [0.717, 1.165) is 28.8 Å². The van der Waals surface area contributed by atoms with E-state index in [0.29, 0.717) is 12.0 Å². The smallest absolute Gasteiger partial charge is 0.246 e. The minimum Gasteiger partial charge on any atom is -0.505 e. The predicted molar refractivity (Wildman–Crippen MR) is 163 cm³/mol. The van der Waals surface area contributed by atoms with Gasteiger partial charge in [0.15, 0.2) is 11.6 Å². The van der Waals surface area contributed by atoms with E-state index in [9.17, 15) is 23.9 Å². The molecule has 3 aromatic rings. The number of hydrazine groups is 1. The van der Waals surface area contributed by atoms with Gasteiger partial charge in [-0.3, -0.25) is 19.4 Å². The Balaban J connectivity index is 1.36. The SMILES string of the molecule is C=CCN1CC(=O)N2[C@@H](Cc3ccc(O)c(F)c3)C(=O)N(Cc3cccc4c3N=CC4)C[C@@H]2N1C(=O)CCc1ccccc1. The average Bonchev–Trinajstić information content (AvgIpc) is 3.51. The molecular weight excluding hydrogens is 561 g/mol. The van der Waals surface area contributed by atoms with Crippen LogP contribution < -0.4 is 0 Å². The molecule has 2 fully saturated rings. The van der Waals surface area contributed by atoms with E-state index in [1.165, 1.54) is 17.0 Å². The van der Waals surface area contributed by atoms with Crippen LogP contribution in [0.15, 0.2) is 84.4 Å². The lowest BCUT2D eigenvalue weighted by molar-refractivity contribution is -0.205. The number of amides is 3. The van der Waals surface area contributed by atoms with Crippen molar-refractivity contribution in [2.24, 2.45) is 4.99 Å². The molecule has 6 rings (SSSR count). The van der Waals surface area contributed by atoms with Crippen molar-refractivity contribution in [1.82, 2.24) is 19.8 Å². The number of phenols is 1. The maximum Gasteiger partial charge on any atom is 0.246 e. The molecule has 9 nitrogen and oxygen atoms in total. The first-order valence-corrected chi connectivity index (χ1v) is 14.8. The molecule has 3 aromatic carbocycles. The summed E-state index contributed by atoms with van der Waals surface area (Å²) in [4.78, 5) is 49.6. The van der Waals surface area contributed by atoms with Crippen molar-refractivity contribution >= 4 is 29.6 Å². The summed E-state index contributed by atoms with van der Waals surface area (Å²) in [6.45, 7) is 4.35. The lowest BCUT2D eigenvalue weighted by Crippen LogP contribution is -2.75. The van der Waals surface area contributed by atoms with Crippen molar-refractivity contribution in [2.75, 3.05) is 19.6 Å². The molecule has 0 aromatic heterocycles. The fourth-order valence-electron chi connectivity index (χ4n) is 6.36. The van der Waals surface area contributed by atoms with Crippen LogP contribution in [0, 0.1) is 5.82 Å². The molecule has 3 aliphatic heterocycles. The Morgan fingerprint density at radius 3 is 2.66 bits per heavy atom. The first kappa shape index (κ1) is 29.3. The molecule has 0 saturated carbocycles. The number of aryl methyl sites for hydroxylation is 1. The zero-order valence-electron chi connectivity index (χ0n) is 24.3. The van der Waals surface area contributed by atoms with Gasteiger partial charge in [-0.15, -0.1) is 6.58 Å².